The van der Waals surface area contributed by atoms with Crippen molar-refractivity contribution < 1.29 is 9.90 Å². The Morgan fingerprint density at radius 3 is 2.00 bits per heavy atom. The lowest BCUT2D eigenvalue weighted by Gasteiger charge is -2.45. The molecule has 1 fully saturated rings. The Kier molecular flexibility index (Phi) is 3.88. The van der Waals surface area contributed by atoms with Crippen LogP contribution in [0.2, 0.25) is 0 Å². The fourth-order valence-corrected chi connectivity index (χ4v) is 5.20. The van der Waals surface area contributed by atoms with Gasteiger partial charge in [-0.05, 0) is 41.2 Å². The summed E-state index contributed by atoms with van der Waals surface area (Å²) in [6.45, 7) is 1.79. The lowest BCUT2D eigenvalue weighted by atomic mass is 9.78. The summed E-state index contributed by atoms with van der Waals surface area (Å²) in [6.07, 6.45) is 0.552. The number of carbonyl (C=O) groups is 1. The molecule has 140 valence electrons. The van der Waals surface area contributed by atoms with Crippen molar-refractivity contribution in [3.8, 4) is 11.1 Å². The zero-order chi connectivity index (χ0) is 19.3. The molecule has 0 radical (unpaired) electrons. The summed E-state index contributed by atoms with van der Waals surface area (Å²) in [5.74, 6) is 0.0984. The van der Waals surface area contributed by atoms with Crippen molar-refractivity contribution in [1.82, 2.24) is 4.90 Å². The number of aliphatic hydroxyl groups excluding tert-OH is 1. The number of likely N-dealkylation sites (tertiary alicyclic amines) is 1. The number of hydrogen-bond donors (Lipinski definition) is 1. The van der Waals surface area contributed by atoms with Crippen LogP contribution in [0.3, 0.4) is 0 Å². The van der Waals surface area contributed by atoms with E-state index >= 15 is 0 Å². The third-order valence-corrected chi connectivity index (χ3v) is 6.29. The zero-order valence-electron chi connectivity index (χ0n) is 15.9. The van der Waals surface area contributed by atoms with Crippen LogP contribution in [0.1, 0.15) is 36.5 Å². The van der Waals surface area contributed by atoms with Gasteiger partial charge in [0.2, 0.25) is 5.91 Å². The Hall–Kier alpha value is -2.91. The van der Waals surface area contributed by atoms with Crippen molar-refractivity contribution in [2.75, 3.05) is 0 Å². The summed E-state index contributed by atoms with van der Waals surface area (Å²) in [6, 6.07) is 26.8. The van der Waals surface area contributed by atoms with Crippen LogP contribution in [0.25, 0.3) is 11.1 Å². The minimum absolute atomic E-state index is 0.0984. The van der Waals surface area contributed by atoms with Gasteiger partial charge in [-0.1, -0.05) is 78.9 Å². The van der Waals surface area contributed by atoms with Gasteiger partial charge in [-0.2, -0.15) is 0 Å². The van der Waals surface area contributed by atoms with Gasteiger partial charge in [0.15, 0.2) is 0 Å². The smallest absolute Gasteiger partial charge is 0.224 e. The Balaban J connectivity index is 1.91. The minimum Gasteiger partial charge on any atom is -0.391 e. The lowest BCUT2D eigenvalue weighted by Crippen LogP contribution is -2.54. The van der Waals surface area contributed by atoms with Gasteiger partial charge in [0.1, 0.15) is 5.54 Å². The molecule has 1 heterocycles. The highest BCUT2D eigenvalue weighted by Crippen LogP contribution is 2.56. The molecule has 2 aliphatic rings. The zero-order valence-corrected chi connectivity index (χ0v) is 15.9. The van der Waals surface area contributed by atoms with Crippen molar-refractivity contribution in [3.05, 3.63) is 95.6 Å². The fourth-order valence-electron chi connectivity index (χ4n) is 5.20. The van der Waals surface area contributed by atoms with E-state index in [0.717, 1.165) is 27.8 Å². The average Bonchev–Trinajstić information content (AvgIpc) is 3.25. The molecule has 1 amide bonds. The Morgan fingerprint density at radius 1 is 0.893 bits per heavy atom. The Morgan fingerprint density at radius 2 is 1.43 bits per heavy atom. The van der Waals surface area contributed by atoms with Gasteiger partial charge in [-0.25, -0.2) is 0 Å². The number of hydrogen-bond acceptors (Lipinski definition) is 2. The molecular formula is C25H23NO2. The van der Waals surface area contributed by atoms with E-state index in [4.69, 9.17) is 0 Å². The molecule has 0 saturated carbocycles. The molecule has 5 rings (SSSR count). The molecule has 1 aliphatic heterocycles. The number of benzene rings is 3. The SMILES string of the molecule is C[C@H](O)C1CCC(=O)N1C1(c2ccccc2)c2ccccc2-c2ccccc21. The molecule has 3 heteroatoms. The van der Waals surface area contributed by atoms with E-state index in [2.05, 4.69) is 48.5 Å². The first-order valence-electron chi connectivity index (χ1n) is 9.91. The molecule has 0 spiro atoms. The summed E-state index contributed by atoms with van der Waals surface area (Å²) < 4.78 is 0. The first-order chi connectivity index (χ1) is 13.7. The van der Waals surface area contributed by atoms with Gasteiger partial charge in [-0.15, -0.1) is 0 Å². The van der Waals surface area contributed by atoms with E-state index in [0.29, 0.717) is 12.8 Å². The number of carbonyl (C=O) groups excluding carboxylic acids is 1. The third kappa shape index (κ3) is 2.17. The van der Waals surface area contributed by atoms with Crippen LogP contribution < -0.4 is 0 Å². The summed E-state index contributed by atoms with van der Waals surface area (Å²) in [4.78, 5) is 15.3. The van der Waals surface area contributed by atoms with Gasteiger partial charge in [0.05, 0.1) is 12.1 Å². The topological polar surface area (TPSA) is 40.5 Å². The van der Waals surface area contributed by atoms with Crippen molar-refractivity contribution in [2.24, 2.45) is 0 Å². The second-order valence-electron chi connectivity index (χ2n) is 7.78. The molecule has 3 aromatic rings. The number of rotatable bonds is 3. The van der Waals surface area contributed by atoms with Crippen LogP contribution in [0.4, 0.5) is 0 Å². The summed E-state index contributed by atoms with van der Waals surface area (Å²) in [5, 5.41) is 10.6. The Bertz CT molecular complexity index is 996. The monoisotopic (exact) mass is 369 g/mol. The van der Waals surface area contributed by atoms with Crippen LogP contribution in [0.5, 0.6) is 0 Å². The third-order valence-electron chi connectivity index (χ3n) is 6.29. The van der Waals surface area contributed by atoms with Crippen molar-refractivity contribution in [3.63, 3.8) is 0 Å². The van der Waals surface area contributed by atoms with Gasteiger partial charge in [-0.3, -0.25) is 4.79 Å². The van der Waals surface area contributed by atoms with E-state index in [1.807, 2.05) is 35.2 Å². The lowest BCUT2D eigenvalue weighted by molar-refractivity contribution is -0.134. The van der Waals surface area contributed by atoms with Crippen molar-refractivity contribution in [2.45, 2.75) is 37.5 Å². The standard InChI is InChI=1S/C25H23NO2/c1-17(27)23-15-16-24(28)26(23)25(18-9-3-2-4-10-18)21-13-7-5-11-19(21)20-12-6-8-14-22(20)25/h2-14,17,23,27H,15-16H2,1H3/t17-,23?/m0/s1. The molecule has 3 nitrogen and oxygen atoms in total. The molecule has 0 aromatic heterocycles. The molecule has 28 heavy (non-hydrogen) atoms. The molecule has 1 unspecified atom stereocenters. The quantitative estimate of drug-likeness (QED) is 0.746. The van der Waals surface area contributed by atoms with E-state index < -0.39 is 11.6 Å². The van der Waals surface area contributed by atoms with Crippen LogP contribution in [-0.2, 0) is 10.3 Å². The van der Waals surface area contributed by atoms with Gasteiger partial charge < -0.3 is 10.0 Å². The highest BCUT2D eigenvalue weighted by atomic mass is 16.3. The van der Waals surface area contributed by atoms with E-state index in [1.54, 1.807) is 6.92 Å². The van der Waals surface area contributed by atoms with E-state index in [-0.39, 0.29) is 11.9 Å². The largest absolute Gasteiger partial charge is 0.391 e. The predicted molar refractivity (Wildman–Crippen MR) is 110 cm³/mol. The number of amides is 1. The molecule has 1 aliphatic carbocycles. The maximum absolute atomic E-state index is 13.3. The van der Waals surface area contributed by atoms with Gasteiger partial charge in [0, 0.05) is 6.42 Å². The maximum atomic E-state index is 13.3. The molecule has 1 N–H and O–H groups in total. The highest BCUT2D eigenvalue weighted by molar-refractivity contribution is 5.89. The van der Waals surface area contributed by atoms with Gasteiger partial charge in [0.25, 0.3) is 0 Å². The van der Waals surface area contributed by atoms with Crippen molar-refractivity contribution in [1.29, 1.82) is 0 Å². The predicted octanol–water partition coefficient (Wildman–Crippen LogP) is 4.33. The molecular weight excluding hydrogens is 346 g/mol. The van der Waals surface area contributed by atoms with Crippen LogP contribution >= 0.6 is 0 Å². The maximum Gasteiger partial charge on any atom is 0.224 e. The first kappa shape index (κ1) is 17.2. The number of nitrogens with zero attached hydrogens (tertiary/aromatic N) is 1. The molecule has 0 bridgehead atoms. The molecule has 3 aromatic carbocycles. The Labute approximate surface area is 165 Å². The summed E-state index contributed by atoms with van der Waals surface area (Å²) >= 11 is 0. The second kappa shape index (κ2) is 6.32. The van der Waals surface area contributed by atoms with Gasteiger partial charge >= 0.3 is 0 Å². The normalized spacial score (nSPS) is 20.7. The van der Waals surface area contributed by atoms with Crippen LogP contribution in [-0.4, -0.2) is 28.1 Å². The number of fused-ring (bicyclic) bond motifs is 3. The summed E-state index contributed by atoms with van der Waals surface area (Å²) in [7, 11) is 0. The number of aliphatic hydroxyl groups is 1. The van der Waals surface area contributed by atoms with E-state index in [1.165, 1.54) is 0 Å². The fraction of sp³-hybridized carbons (Fsp3) is 0.240. The van der Waals surface area contributed by atoms with Crippen LogP contribution in [0.15, 0.2) is 78.9 Å². The first-order valence-corrected chi connectivity index (χ1v) is 9.91. The molecule has 1 saturated heterocycles. The average molecular weight is 369 g/mol. The van der Waals surface area contributed by atoms with E-state index in [9.17, 15) is 9.90 Å². The second-order valence-corrected chi connectivity index (χ2v) is 7.78. The summed E-state index contributed by atoms with van der Waals surface area (Å²) in [5.41, 5.74) is 4.89. The van der Waals surface area contributed by atoms with Crippen LogP contribution in [0, 0.1) is 0 Å². The molecule has 2 atom stereocenters. The highest BCUT2D eigenvalue weighted by Gasteiger charge is 2.55. The minimum atomic E-state index is -0.719. The van der Waals surface area contributed by atoms with Crippen molar-refractivity contribution >= 4 is 5.91 Å².